The lowest BCUT2D eigenvalue weighted by Crippen LogP contribution is -2.42. The lowest BCUT2D eigenvalue weighted by molar-refractivity contribution is 0.369. The molecule has 0 atom stereocenters. The molecule has 6 nitrogen and oxygen atoms in total. The predicted molar refractivity (Wildman–Crippen MR) is 88.1 cm³/mol. The summed E-state index contributed by atoms with van der Waals surface area (Å²) >= 11 is 0. The molecule has 124 valence electrons. The molecule has 0 aromatic carbocycles. The molecule has 1 fully saturated rings. The predicted octanol–water partition coefficient (Wildman–Crippen LogP) is 2.62. The molecule has 0 saturated heterocycles. The summed E-state index contributed by atoms with van der Waals surface area (Å²) in [6, 6.07) is 0.586. The minimum Gasteiger partial charge on any atom is -0.357 e. The van der Waals surface area contributed by atoms with Crippen LogP contribution in [0.15, 0.2) is 9.52 Å². The van der Waals surface area contributed by atoms with Gasteiger partial charge in [-0.1, -0.05) is 31.8 Å². The third-order valence-corrected chi connectivity index (χ3v) is 3.86. The third-order valence-electron chi connectivity index (χ3n) is 3.86. The van der Waals surface area contributed by atoms with E-state index in [2.05, 4.69) is 46.5 Å². The smallest absolute Gasteiger partial charge is 0.226 e. The second-order valence-electron chi connectivity index (χ2n) is 6.19. The minimum atomic E-state index is 0.312. The number of rotatable bonds is 7. The molecule has 0 unspecified atom stereocenters. The summed E-state index contributed by atoms with van der Waals surface area (Å²) in [7, 11) is 0. The van der Waals surface area contributed by atoms with Gasteiger partial charge in [0.1, 0.15) is 0 Å². The Labute approximate surface area is 133 Å². The fourth-order valence-electron chi connectivity index (χ4n) is 2.61. The Morgan fingerprint density at radius 1 is 1.36 bits per heavy atom. The van der Waals surface area contributed by atoms with E-state index in [1.165, 1.54) is 25.7 Å². The first-order valence-corrected chi connectivity index (χ1v) is 8.56. The average Bonchev–Trinajstić information content (AvgIpc) is 3.15. The maximum atomic E-state index is 5.25. The molecule has 1 aliphatic rings. The highest BCUT2D eigenvalue weighted by atomic mass is 16.5. The summed E-state index contributed by atoms with van der Waals surface area (Å²) in [6.45, 7) is 7.88. The Balaban J connectivity index is 1.74. The van der Waals surface area contributed by atoms with Crippen LogP contribution < -0.4 is 10.6 Å². The van der Waals surface area contributed by atoms with Gasteiger partial charge in [-0.05, 0) is 26.2 Å². The molecule has 0 aliphatic heterocycles. The number of aromatic nitrogens is 2. The molecule has 0 radical (unpaired) electrons. The molecule has 1 heterocycles. The van der Waals surface area contributed by atoms with Crippen molar-refractivity contribution in [2.75, 3.05) is 13.1 Å². The summed E-state index contributed by atoms with van der Waals surface area (Å²) in [4.78, 5) is 9.03. The molecular formula is C16H29N5O. The van der Waals surface area contributed by atoms with Gasteiger partial charge in [-0.3, -0.25) is 4.99 Å². The highest BCUT2D eigenvalue weighted by molar-refractivity contribution is 5.80. The zero-order valence-electron chi connectivity index (χ0n) is 14.1. The van der Waals surface area contributed by atoms with Crippen molar-refractivity contribution in [1.29, 1.82) is 0 Å². The van der Waals surface area contributed by atoms with Gasteiger partial charge in [-0.25, -0.2) is 0 Å². The minimum absolute atomic E-state index is 0.312. The van der Waals surface area contributed by atoms with Crippen molar-refractivity contribution in [3.05, 3.63) is 11.7 Å². The average molecular weight is 307 g/mol. The van der Waals surface area contributed by atoms with Crippen molar-refractivity contribution in [1.82, 2.24) is 20.8 Å². The summed E-state index contributed by atoms with van der Waals surface area (Å²) in [5.41, 5.74) is 0. The van der Waals surface area contributed by atoms with E-state index in [4.69, 9.17) is 4.52 Å². The van der Waals surface area contributed by atoms with Crippen molar-refractivity contribution in [2.24, 2.45) is 4.99 Å². The zero-order chi connectivity index (χ0) is 15.8. The van der Waals surface area contributed by atoms with E-state index in [1.54, 1.807) is 0 Å². The van der Waals surface area contributed by atoms with E-state index in [0.29, 0.717) is 17.9 Å². The normalized spacial score (nSPS) is 16.5. The number of nitrogens with one attached hydrogen (secondary N) is 2. The first-order valence-electron chi connectivity index (χ1n) is 8.56. The lowest BCUT2D eigenvalue weighted by Gasteiger charge is -2.16. The first-order chi connectivity index (χ1) is 10.7. The molecular weight excluding hydrogens is 278 g/mol. The molecule has 6 heteroatoms. The molecule has 0 bridgehead atoms. The quantitative estimate of drug-likeness (QED) is 0.460. The van der Waals surface area contributed by atoms with Gasteiger partial charge in [0.25, 0.3) is 0 Å². The second kappa shape index (κ2) is 8.76. The summed E-state index contributed by atoms with van der Waals surface area (Å²) in [6.07, 6.45) is 6.86. The summed E-state index contributed by atoms with van der Waals surface area (Å²) in [5, 5.41) is 10.8. The monoisotopic (exact) mass is 307 g/mol. The Hall–Kier alpha value is -1.59. The second-order valence-corrected chi connectivity index (χ2v) is 6.19. The number of hydrogen-bond donors (Lipinski definition) is 2. The van der Waals surface area contributed by atoms with Crippen molar-refractivity contribution in [3.63, 3.8) is 0 Å². The molecule has 0 spiro atoms. The number of aliphatic imine (C=N–C) groups is 1. The van der Waals surface area contributed by atoms with Crippen LogP contribution in [0, 0.1) is 0 Å². The van der Waals surface area contributed by atoms with Crippen LogP contribution in [0.4, 0.5) is 0 Å². The Bertz CT molecular complexity index is 463. The van der Waals surface area contributed by atoms with Crippen molar-refractivity contribution >= 4 is 5.96 Å². The van der Waals surface area contributed by atoms with Gasteiger partial charge >= 0.3 is 0 Å². The Morgan fingerprint density at radius 2 is 2.14 bits per heavy atom. The molecule has 22 heavy (non-hydrogen) atoms. The van der Waals surface area contributed by atoms with Gasteiger partial charge in [0.2, 0.25) is 5.89 Å². The first kappa shape index (κ1) is 16.8. The molecule has 1 aromatic rings. The zero-order valence-corrected chi connectivity index (χ0v) is 14.1. The maximum absolute atomic E-state index is 5.25. The van der Waals surface area contributed by atoms with Gasteiger partial charge in [-0.15, -0.1) is 0 Å². The van der Waals surface area contributed by atoms with E-state index < -0.39 is 0 Å². The summed E-state index contributed by atoms with van der Waals surface area (Å²) < 4.78 is 5.25. The van der Waals surface area contributed by atoms with Gasteiger partial charge in [0.15, 0.2) is 11.8 Å². The maximum Gasteiger partial charge on any atom is 0.226 e. The van der Waals surface area contributed by atoms with Crippen molar-refractivity contribution in [3.8, 4) is 0 Å². The van der Waals surface area contributed by atoms with Gasteiger partial charge in [-0.2, -0.15) is 4.98 Å². The highest BCUT2D eigenvalue weighted by Crippen LogP contribution is 2.17. The standard InChI is InChI=1S/C16H29N5O/c1-4-17-16(19-13-8-5-6-9-13)18-11-7-10-14-20-15(12(2)3)21-22-14/h12-13H,4-11H2,1-3H3,(H2,17,18,19). The van der Waals surface area contributed by atoms with E-state index in [-0.39, 0.29) is 0 Å². The van der Waals surface area contributed by atoms with Gasteiger partial charge in [0, 0.05) is 31.5 Å². The van der Waals surface area contributed by atoms with Crippen LogP contribution in [0.2, 0.25) is 0 Å². The fraction of sp³-hybridized carbons (Fsp3) is 0.812. The molecule has 1 aliphatic carbocycles. The van der Waals surface area contributed by atoms with Crippen LogP contribution in [0.5, 0.6) is 0 Å². The van der Waals surface area contributed by atoms with Gasteiger partial charge < -0.3 is 15.2 Å². The molecule has 2 rings (SSSR count). The van der Waals surface area contributed by atoms with E-state index in [0.717, 1.165) is 37.7 Å². The summed E-state index contributed by atoms with van der Waals surface area (Å²) in [5.74, 6) is 2.75. The van der Waals surface area contributed by atoms with E-state index in [1.807, 2.05) is 0 Å². The number of nitrogens with zero attached hydrogens (tertiary/aromatic N) is 3. The Morgan fingerprint density at radius 3 is 2.77 bits per heavy atom. The number of hydrogen-bond acceptors (Lipinski definition) is 4. The SMILES string of the molecule is CCNC(=NCCCc1nc(C(C)C)no1)NC1CCCC1. The van der Waals surface area contributed by atoms with Crippen LogP contribution in [0.3, 0.4) is 0 Å². The number of guanidine groups is 1. The fourth-order valence-corrected chi connectivity index (χ4v) is 2.61. The lowest BCUT2D eigenvalue weighted by atomic mass is 10.2. The van der Waals surface area contributed by atoms with Crippen LogP contribution >= 0.6 is 0 Å². The van der Waals surface area contributed by atoms with Crippen LogP contribution in [-0.4, -0.2) is 35.2 Å². The van der Waals surface area contributed by atoms with E-state index in [9.17, 15) is 0 Å². The van der Waals surface area contributed by atoms with E-state index >= 15 is 0 Å². The van der Waals surface area contributed by atoms with Crippen molar-refractivity contribution < 1.29 is 4.52 Å². The number of aryl methyl sites for hydroxylation is 1. The Kier molecular flexibility index (Phi) is 6.68. The molecule has 1 saturated carbocycles. The highest BCUT2D eigenvalue weighted by Gasteiger charge is 2.15. The molecule has 0 amide bonds. The van der Waals surface area contributed by atoms with Crippen LogP contribution in [0.1, 0.15) is 70.5 Å². The van der Waals surface area contributed by atoms with Gasteiger partial charge in [0.05, 0.1) is 0 Å². The molecule has 2 N–H and O–H groups in total. The largest absolute Gasteiger partial charge is 0.357 e. The van der Waals surface area contributed by atoms with Crippen LogP contribution in [0.25, 0.3) is 0 Å². The van der Waals surface area contributed by atoms with Crippen molar-refractivity contribution in [2.45, 2.75) is 71.3 Å². The topological polar surface area (TPSA) is 75.3 Å². The third kappa shape index (κ3) is 5.31. The van der Waals surface area contributed by atoms with Crippen LogP contribution in [-0.2, 0) is 6.42 Å². The molecule has 1 aromatic heterocycles.